The number of nitriles is 1. The molecule has 2 nitrogen and oxygen atoms in total. The molecule has 0 aromatic heterocycles. The summed E-state index contributed by atoms with van der Waals surface area (Å²) in [4.78, 5) is 0. The predicted octanol–water partition coefficient (Wildman–Crippen LogP) is 3.04. The molecular formula is C12H15ClN2. The van der Waals surface area contributed by atoms with Crippen LogP contribution in [-0.2, 0) is 6.54 Å². The van der Waals surface area contributed by atoms with Crippen molar-refractivity contribution in [3.05, 3.63) is 34.3 Å². The molecule has 0 aliphatic rings. The van der Waals surface area contributed by atoms with E-state index in [1.54, 1.807) is 0 Å². The summed E-state index contributed by atoms with van der Waals surface area (Å²) in [5, 5.41) is 12.6. The number of nitrogens with one attached hydrogen (secondary N) is 1. The second-order valence-corrected chi connectivity index (χ2v) is 4.13. The summed E-state index contributed by atoms with van der Waals surface area (Å²) in [6.07, 6.45) is 0.534. The Morgan fingerprint density at radius 1 is 1.53 bits per heavy atom. The molecule has 0 aliphatic carbocycles. The Kier molecular flexibility index (Phi) is 4.61. The van der Waals surface area contributed by atoms with Crippen molar-refractivity contribution in [1.82, 2.24) is 5.32 Å². The van der Waals surface area contributed by atoms with Crippen LogP contribution in [0.5, 0.6) is 0 Å². The van der Waals surface area contributed by atoms with Gasteiger partial charge in [-0.15, -0.1) is 0 Å². The molecule has 0 heterocycles. The Morgan fingerprint density at radius 3 is 2.87 bits per heavy atom. The molecule has 1 atom stereocenters. The van der Waals surface area contributed by atoms with Gasteiger partial charge in [0.05, 0.1) is 12.5 Å². The lowest BCUT2D eigenvalue weighted by molar-refractivity contribution is 0.557. The molecule has 0 saturated carbocycles. The maximum atomic E-state index is 8.51. The van der Waals surface area contributed by atoms with E-state index in [0.29, 0.717) is 6.42 Å². The second-order valence-electron chi connectivity index (χ2n) is 3.73. The molecule has 3 heteroatoms. The van der Waals surface area contributed by atoms with Gasteiger partial charge in [0.1, 0.15) is 0 Å². The number of hydrogen-bond donors (Lipinski definition) is 1. The number of rotatable bonds is 4. The molecule has 80 valence electrons. The fourth-order valence-electron chi connectivity index (χ4n) is 1.32. The number of benzene rings is 1. The predicted molar refractivity (Wildman–Crippen MR) is 62.7 cm³/mol. The Hall–Kier alpha value is -1.04. The molecule has 0 bridgehead atoms. The first-order valence-corrected chi connectivity index (χ1v) is 5.36. The van der Waals surface area contributed by atoms with Gasteiger partial charge in [0.2, 0.25) is 0 Å². The van der Waals surface area contributed by atoms with Crippen LogP contribution in [0, 0.1) is 18.3 Å². The first kappa shape index (κ1) is 12.0. The normalized spacial score (nSPS) is 12.1. The van der Waals surface area contributed by atoms with Crippen LogP contribution in [0.2, 0.25) is 5.02 Å². The van der Waals surface area contributed by atoms with Crippen LogP contribution in [0.3, 0.4) is 0 Å². The van der Waals surface area contributed by atoms with E-state index < -0.39 is 0 Å². The van der Waals surface area contributed by atoms with E-state index in [-0.39, 0.29) is 6.04 Å². The molecule has 1 aromatic carbocycles. The van der Waals surface area contributed by atoms with Crippen LogP contribution in [0.25, 0.3) is 0 Å². The zero-order valence-electron chi connectivity index (χ0n) is 9.05. The summed E-state index contributed by atoms with van der Waals surface area (Å²) >= 11 is 5.93. The standard InChI is InChI=1S/C12H15ClN2/c1-9-7-11(3-4-12(9)13)8-15-10(2)5-6-14/h3-4,7,10,15H,5,8H2,1-2H3. The van der Waals surface area contributed by atoms with Crippen LogP contribution >= 0.6 is 11.6 Å². The van der Waals surface area contributed by atoms with Gasteiger partial charge >= 0.3 is 0 Å². The zero-order chi connectivity index (χ0) is 11.3. The highest BCUT2D eigenvalue weighted by Crippen LogP contribution is 2.16. The van der Waals surface area contributed by atoms with Crippen molar-refractivity contribution in [2.45, 2.75) is 32.9 Å². The van der Waals surface area contributed by atoms with Gasteiger partial charge in [-0.2, -0.15) is 5.26 Å². The fraction of sp³-hybridized carbons (Fsp3) is 0.417. The molecular weight excluding hydrogens is 208 g/mol. The molecule has 15 heavy (non-hydrogen) atoms. The first-order chi connectivity index (χ1) is 7.13. The minimum absolute atomic E-state index is 0.228. The summed E-state index contributed by atoms with van der Waals surface area (Å²) in [6.45, 7) is 4.78. The Balaban J connectivity index is 2.51. The van der Waals surface area contributed by atoms with E-state index in [4.69, 9.17) is 16.9 Å². The average molecular weight is 223 g/mol. The van der Waals surface area contributed by atoms with Gasteiger partial charge in [-0.3, -0.25) is 0 Å². The van der Waals surface area contributed by atoms with Crippen LogP contribution < -0.4 is 5.32 Å². The number of nitrogens with zero attached hydrogens (tertiary/aromatic N) is 1. The van der Waals surface area contributed by atoms with Crippen molar-refractivity contribution in [2.24, 2.45) is 0 Å². The van der Waals surface area contributed by atoms with E-state index in [9.17, 15) is 0 Å². The lowest BCUT2D eigenvalue weighted by atomic mass is 10.1. The average Bonchev–Trinajstić information content (AvgIpc) is 2.20. The Morgan fingerprint density at radius 2 is 2.27 bits per heavy atom. The maximum absolute atomic E-state index is 8.51. The zero-order valence-corrected chi connectivity index (χ0v) is 9.80. The number of hydrogen-bond acceptors (Lipinski definition) is 2. The molecule has 1 unspecified atom stereocenters. The highest BCUT2D eigenvalue weighted by molar-refractivity contribution is 6.31. The molecule has 0 amide bonds. The molecule has 0 fully saturated rings. The molecule has 1 aromatic rings. The third kappa shape index (κ3) is 3.91. The molecule has 0 aliphatic heterocycles. The van der Waals surface area contributed by atoms with Crippen LogP contribution in [0.15, 0.2) is 18.2 Å². The van der Waals surface area contributed by atoms with Gasteiger partial charge in [0.25, 0.3) is 0 Å². The first-order valence-electron chi connectivity index (χ1n) is 4.99. The van der Waals surface area contributed by atoms with Crippen molar-refractivity contribution < 1.29 is 0 Å². The monoisotopic (exact) mass is 222 g/mol. The molecule has 1 rings (SSSR count). The van der Waals surface area contributed by atoms with Crippen LogP contribution in [0.1, 0.15) is 24.5 Å². The third-order valence-electron chi connectivity index (χ3n) is 2.27. The molecule has 0 spiro atoms. The lowest BCUT2D eigenvalue weighted by Gasteiger charge is -2.10. The van der Waals surface area contributed by atoms with E-state index >= 15 is 0 Å². The van der Waals surface area contributed by atoms with Gasteiger partial charge < -0.3 is 5.32 Å². The highest BCUT2D eigenvalue weighted by Gasteiger charge is 2.01. The van der Waals surface area contributed by atoms with Crippen molar-refractivity contribution >= 4 is 11.6 Å². The maximum Gasteiger partial charge on any atom is 0.0638 e. The van der Waals surface area contributed by atoms with Crippen molar-refractivity contribution in [1.29, 1.82) is 5.26 Å². The molecule has 0 saturated heterocycles. The van der Waals surface area contributed by atoms with Crippen molar-refractivity contribution in [2.75, 3.05) is 0 Å². The van der Waals surface area contributed by atoms with Gasteiger partial charge in [0.15, 0.2) is 0 Å². The van der Waals surface area contributed by atoms with E-state index in [2.05, 4.69) is 17.5 Å². The summed E-state index contributed by atoms with van der Waals surface area (Å²) in [5.74, 6) is 0. The fourth-order valence-corrected chi connectivity index (χ4v) is 1.44. The summed E-state index contributed by atoms with van der Waals surface area (Å²) < 4.78 is 0. The minimum Gasteiger partial charge on any atom is -0.309 e. The SMILES string of the molecule is Cc1cc(CNC(C)CC#N)ccc1Cl. The van der Waals surface area contributed by atoms with E-state index in [0.717, 1.165) is 17.1 Å². The largest absolute Gasteiger partial charge is 0.309 e. The van der Waals surface area contributed by atoms with Gasteiger partial charge in [0, 0.05) is 17.6 Å². The second kappa shape index (κ2) is 5.75. The van der Waals surface area contributed by atoms with Crippen molar-refractivity contribution in [3.63, 3.8) is 0 Å². The molecule has 1 N–H and O–H groups in total. The quantitative estimate of drug-likeness (QED) is 0.850. The van der Waals surface area contributed by atoms with Crippen LogP contribution in [0.4, 0.5) is 0 Å². The highest BCUT2D eigenvalue weighted by atomic mass is 35.5. The van der Waals surface area contributed by atoms with Gasteiger partial charge in [-0.25, -0.2) is 0 Å². The Labute approximate surface area is 95.9 Å². The smallest absolute Gasteiger partial charge is 0.0638 e. The van der Waals surface area contributed by atoms with Crippen molar-refractivity contribution in [3.8, 4) is 6.07 Å². The van der Waals surface area contributed by atoms with Gasteiger partial charge in [-0.1, -0.05) is 23.7 Å². The lowest BCUT2D eigenvalue weighted by Crippen LogP contribution is -2.24. The topological polar surface area (TPSA) is 35.8 Å². The minimum atomic E-state index is 0.228. The van der Waals surface area contributed by atoms with E-state index in [1.807, 2.05) is 26.0 Å². The number of aryl methyl sites for hydroxylation is 1. The number of halogens is 1. The Bertz CT molecular complexity index is 368. The van der Waals surface area contributed by atoms with Crippen LogP contribution in [-0.4, -0.2) is 6.04 Å². The van der Waals surface area contributed by atoms with Gasteiger partial charge in [-0.05, 0) is 31.0 Å². The third-order valence-corrected chi connectivity index (χ3v) is 2.70. The summed E-state index contributed by atoms with van der Waals surface area (Å²) in [5.41, 5.74) is 2.28. The summed E-state index contributed by atoms with van der Waals surface area (Å²) in [6, 6.07) is 8.34. The summed E-state index contributed by atoms with van der Waals surface area (Å²) in [7, 11) is 0. The van der Waals surface area contributed by atoms with E-state index in [1.165, 1.54) is 5.56 Å². The molecule has 0 radical (unpaired) electrons.